The predicted molar refractivity (Wildman–Crippen MR) is 79.0 cm³/mol. The summed E-state index contributed by atoms with van der Waals surface area (Å²) in [6, 6.07) is 17.6. The van der Waals surface area contributed by atoms with Gasteiger partial charge in [-0.25, -0.2) is 0 Å². The third-order valence-electron chi connectivity index (χ3n) is 2.58. The third-order valence-corrected chi connectivity index (χ3v) is 3.35. The number of ether oxygens (including phenoxy) is 1. The highest BCUT2D eigenvalue weighted by Gasteiger charge is 2.00. The Bertz CT molecular complexity index is 593. The van der Waals surface area contributed by atoms with Gasteiger partial charge in [0.15, 0.2) is 6.61 Å². The molecule has 4 heteroatoms. The fourth-order valence-corrected chi connectivity index (χ4v) is 2.08. The molecule has 3 nitrogen and oxygen atoms in total. The van der Waals surface area contributed by atoms with E-state index in [0.717, 1.165) is 16.7 Å². The summed E-state index contributed by atoms with van der Waals surface area (Å²) in [7, 11) is 0. The predicted octanol–water partition coefficient (Wildman–Crippen LogP) is 3.96. The molecular weight excluding hydrogens is 304 g/mol. The van der Waals surface area contributed by atoms with E-state index in [9.17, 15) is 0 Å². The summed E-state index contributed by atoms with van der Waals surface area (Å²) in [6.07, 6.45) is 0. The molecule has 2 aromatic carbocycles. The summed E-state index contributed by atoms with van der Waals surface area (Å²) in [5, 5.41) is 11.8. The van der Waals surface area contributed by atoms with Gasteiger partial charge in [0.05, 0.1) is 0 Å². The van der Waals surface area contributed by atoms with E-state index in [2.05, 4.69) is 27.3 Å². The monoisotopic (exact) mass is 316 g/mol. The average molecular weight is 317 g/mol. The molecule has 2 aromatic rings. The summed E-state index contributed by atoms with van der Waals surface area (Å²) < 4.78 is 6.34. The van der Waals surface area contributed by atoms with E-state index in [-0.39, 0.29) is 6.61 Å². The van der Waals surface area contributed by atoms with Crippen LogP contribution in [0.5, 0.6) is 5.75 Å². The zero-order valence-corrected chi connectivity index (χ0v) is 11.9. The lowest BCUT2D eigenvalue weighted by Gasteiger charge is -2.09. The van der Waals surface area contributed by atoms with Gasteiger partial charge in [-0.1, -0.05) is 40.2 Å². The normalized spacial score (nSPS) is 9.68. The van der Waals surface area contributed by atoms with Gasteiger partial charge in [0, 0.05) is 22.8 Å². The first kappa shape index (κ1) is 13.4. The molecule has 0 aliphatic heterocycles. The highest BCUT2D eigenvalue weighted by molar-refractivity contribution is 9.10. The Labute approximate surface area is 121 Å². The Morgan fingerprint density at radius 1 is 1.16 bits per heavy atom. The summed E-state index contributed by atoms with van der Waals surface area (Å²) in [5.41, 5.74) is 2.15. The number of nitriles is 1. The van der Waals surface area contributed by atoms with Crippen molar-refractivity contribution in [3.63, 3.8) is 0 Å². The molecule has 19 heavy (non-hydrogen) atoms. The van der Waals surface area contributed by atoms with Crippen molar-refractivity contribution >= 4 is 21.6 Å². The Hall–Kier alpha value is -1.99. The highest BCUT2D eigenvalue weighted by atomic mass is 79.9. The molecule has 0 heterocycles. The second kappa shape index (κ2) is 6.81. The quantitative estimate of drug-likeness (QED) is 0.908. The summed E-state index contributed by atoms with van der Waals surface area (Å²) >= 11 is 3.52. The van der Waals surface area contributed by atoms with Crippen LogP contribution in [0.4, 0.5) is 5.69 Å². The Balaban J connectivity index is 2.00. The van der Waals surface area contributed by atoms with Gasteiger partial charge in [0.1, 0.15) is 11.8 Å². The standard InChI is InChI=1S/C15H13BrN2O/c16-15-7-2-1-4-12(15)11-18-13-5-3-6-14(10-13)19-9-8-17/h1-7,10,18H,9,11H2. The first-order chi connectivity index (χ1) is 9.29. The smallest absolute Gasteiger partial charge is 0.174 e. The Kier molecular flexibility index (Phi) is 4.82. The molecule has 0 aliphatic rings. The van der Waals surface area contributed by atoms with Gasteiger partial charge in [0.2, 0.25) is 0 Å². The number of anilines is 1. The van der Waals surface area contributed by atoms with Gasteiger partial charge in [-0.3, -0.25) is 0 Å². The van der Waals surface area contributed by atoms with Crippen LogP contribution in [-0.4, -0.2) is 6.61 Å². The minimum absolute atomic E-state index is 0.0632. The minimum atomic E-state index is 0.0632. The first-order valence-corrected chi connectivity index (χ1v) is 6.66. The fraction of sp³-hybridized carbons (Fsp3) is 0.133. The van der Waals surface area contributed by atoms with Crippen molar-refractivity contribution in [3.05, 3.63) is 58.6 Å². The van der Waals surface area contributed by atoms with Gasteiger partial charge in [-0.2, -0.15) is 5.26 Å². The zero-order chi connectivity index (χ0) is 13.5. The number of halogens is 1. The Morgan fingerprint density at radius 3 is 2.79 bits per heavy atom. The second-order valence-electron chi connectivity index (χ2n) is 3.92. The zero-order valence-electron chi connectivity index (χ0n) is 10.3. The second-order valence-corrected chi connectivity index (χ2v) is 4.77. The molecule has 96 valence electrons. The molecule has 0 spiro atoms. The molecule has 0 fully saturated rings. The molecule has 0 aromatic heterocycles. The minimum Gasteiger partial charge on any atom is -0.479 e. The molecule has 2 rings (SSSR count). The van der Waals surface area contributed by atoms with E-state index < -0.39 is 0 Å². The van der Waals surface area contributed by atoms with Crippen LogP contribution in [0.25, 0.3) is 0 Å². The molecule has 0 saturated carbocycles. The summed E-state index contributed by atoms with van der Waals surface area (Å²) in [5.74, 6) is 0.693. The van der Waals surface area contributed by atoms with E-state index in [0.29, 0.717) is 5.75 Å². The maximum atomic E-state index is 8.48. The Morgan fingerprint density at radius 2 is 2.00 bits per heavy atom. The van der Waals surface area contributed by atoms with E-state index in [4.69, 9.17) is 10.00 Å². The van der Waals surface area contributed by atoms with Crippen LogP contribution in [0, 0.1) is 11.3 Å². The lowest BCUT2D eigenvalue weighted by molar-refractivity contribution is 0.368. The van der Waals surface area contributed by atoms with Gasteiger partial charge >= 0.3 is 0 Å². The average Bonchev–Trinajstić information content (AvgIpc) is 2.45. The molecule has 1 N–H and O–H groups in total. The molecule has 0 unspecified atom stereocenters. The summed E-state index contributed by atoms with van der Waals surface area (Å²) in [6.45, 7) is 0.789. The maximum absolute atomic E-state index is 8.48. The van der Waals surface area contributed by atoms with Crippen molar-refractivity contribution in [3.8, 4) is 11.8 Å². The number of nitrogens with zero attached hydrogens (tertiary/aromatic N) is 1. The molecule has 0 saturated heterocycles. The number of hydrogen-bond donors (Lipinski definition) is 1. The van der Waals surface area contributed by atoms with Gasteiger partial charge in [0.25, 0.3) is 0 Å². The van der Waals surface area contributed by atoms with Gasteiger partial charge in [-0.15, -0.1) is 0 Å². The van der Waals surface area contributed by atoms with Crippen molar-refractivity contribution in [1.82, 2.24) is 0 Å². The SMILES string of the molecule is N#CCOc1cccc(NCc2ccccc2Br)c1. The molecule has 0 amide bonds. The number of nitrogens with one attached hydrogen (secondary N) is 1. The van der Waals surface area contributed by atoms with Crippen molar-refractivity contribution in [2.45, 2.75) is 6.54 Å². The van der Waals surface area contributed by atoms with Gasteiger partial charge < -0.3 is 10.1 Å². The van der Waals surface area contributed by atoms with E-state index in [1.165, 1.54) is 5.56 Å². The van der Waals surface area contributed by atoms with Crippen LogP contribution in [0.1, 0.15) is 5.56 Å². The van der Waals surface area contributed by atoms with Crippen LogP contribution < -0.4 is 10.1 Å². The van der Waals surface area contributed by atoms with Crippen LogP contribution in [-0.2, 0) is 6.54 Å². The molecule has 0 bridgehead atoms. The van der Waals surface area contributed by atoms with Crippen LogP contribution in [0.15, 0.2) is 53.0 Å². The number of rotatable bonds is 5. The van der Waals surface area contributed by atoms with Crippen LogP contribution >= 0.6 is 15.9 Å². The van der Waals surface area contributed by atoms with Crippen molar-refractivity contribution < 1.29 is 4.74 Å². The van der Waals surface area contributed by atoms with Crippen molar-refractivity contribution in [2.24, 2.45) is 0 Å². The first-order valence-electron chi connectivity index (χ1n) is 5.86. The molecular formula is C15H13BrN2O. The van der Waals surface area contributed by atoms with Crippen LogP contribution in [0.2, 0.25) is 0 Å². The fourth-order valence-electron chi connectivity index (χ4n) is 1.65. The highest BCUT2D eigenvalue weighted by Crippen LogP contribution is 2.20. The lowest BCUT2D eigenvalue weighted by Crippen LogP contribution is -2.00. The maximum Gasteiger partial charge on any atom is 0.174 e. The van der Waals surface area contributed by atoms with Gasteiger partial charge in [-0.05, 0) is 23.8 Å². The number of benzene rings is 2. The third kappa shape index (κ3) is 4.01. The van der Waals surface area contributed by atoms with Crippen molar-refractivity contribution in [1.29, 1.82) is 5.26 Å². The topological polar surface area (TPSA) is 45.0 Å². The largest absolute Gasteiger partial charge is 0.479 e. The molecule has 0 aliphatic carbocycles. The lowest BCUT2D eigenvalue weighted by atomic mass is 10.2. The molecule has 0 radical (unpaired) electrons. The number of hydrogen-bond acceptors (Lipinski definition) is 3. The van der Waals surface area contributed by atoms with E-state index >= 15 is 0 Å². The van der Waals surface area contributed by atoms with E-state index in [1.807, 2.05) is 48.5 Å². The molecule has 0 atom stereocenters. The van der Waals surface area contributed by atoms with Crippen molar-refractivity contribution in [2.75, 3.05) is 11.9 Å². The van der Waals surface area contributed by atoms with E-state index in [1.54, 1.807) is 0 Å². The summed E-state index contributed by atoms with van der Waals surface area (Å²) in [4.78, 5) is 0. The van der Waals surface area contributed by atoms with Crippen LogP contribution in [0.3, 0.4) is 0 Å².